The maximum atomic E-state index is 8.56. The molecule has 0 aliphatic rings. The molecule has 14 nitrogen and oxygen atoms in total. The van der Waals surface area contributed by atoms with Gasteiger partial charge in [0.25, 0.3) is 0 Å². The summed E-state index contributed by atoms with van der Waals surface area (Å²) in [4.78, 5) is 68.4. The van der Waals surface area contributed by atoms with E-state index >= 15 is 0 Å². The van der Waals surface area contributed by atoms with Gasteiger partial charge in [0.1, 0.15) is 0 Å². The van der Waals surface area contributed by atoms with Crippen LogP contribution in [0.5, 0.6) is 0 Å². The van der Waals surface area contributed by atoms with Crippen molar-refractivity contribution in [2.24, 2.45) is 0 Å². The summed E-state index contributed by atoms with van der Waals surface area (Å²) in [5.41, 5.74) is 0. The molecule has 0 amide bonds. The van der Waals surface area contributed by atoms with Gasteiger partial charge in [-0.2, -0.15) is 15.6 Å². The molecule has 118 valence electrons. The number of rotatable bonds is 0. The van der Waals surface area contributed by atoms with Gasteiger partial charge in [0.05, 0.1) is 0 Å². The van der Waals surface area contributed by atoms with Crippen LogP contribution >= 0.6 is 15.6 Å². The van der Waals surface area contributed by atoms with Gasteiger partial charge in [-0.05, 0) is 0 Å². The molecule has 19 heteroatoms. The minimum absolute atomic E-state index is 0. The molecule has 0 rings (SSSR count). The van der Waals surface area contributed by atoms with Crippen LogP contribution in [-0.4, -0.2) is 115 Å². The van der Waals surface area contributed by atoms with Crippen molar-refractivity contribution in [1.29, 1.82) is 0 Å². The normalized spacial score (nSPS) is 7.90. The third-order valence-electron chi connectivity index (χ3n) is 0. The molecule has 0 unspecified atom stereocenters. The third-order valence-corrected chi connectivity index (χ3v) is 0. The fourth-order valence-corrected chi connectivity index (χ4v) is 0. The zero-order valence-corrected chi connectivity index (χ0v) is 22.7. The van der Waals surface area contributed by atoms with Crippen LogP contribution in [0, 0.1) is 0 Å². The number of hydrogen-bond acceptors (Lipinski definition) is 10. The van der Waals surface area contributed by atoms with Gasteiger partial charge in [0, 0.05) is 0 Å². The first-order chi connectivity index (χ1) is 7.46. The Morgan fingerprint density at radius 3 is 0.571 bits per heavy atom. The molecule has 21 heavy (non-hydrogen) atoms. The Morgan fingerprint density at radius 2 is 0.571 bits per heavy atom. The molecule has 4 N–H and O–H groups in total. The molecular weight excluding hydrogens is 932 g/mol. The molecule has 0 spiro atoms. The van der Waals surface area contributed by atoms with Gasteiger partial charge in [-0.15, -0.1) is 0 Å². The molecule has 0 aromatic heterocycles. The Balaban J connectivity index is -0.0000000239. The van der Waals surface area contributed by atoms with Gasteiger partial charge < -0.3 is 58.9 Å². The van der Waals surface area contributed by atoms with Crippen molar-refractivity contribution >= 4 is 110 Å². The van der Waals surface area contributed by atoms with Crippen molar-refractivity contribution in [3.8, 4) is 0 Å². The summed E-state index contributed by atoms with van der Waals surface area (Å²) in [5.74, 6) is 0. The van der Waals surface area contributed by atoms with E-state index in [1.807, 2.05) is 0 Å². The predicted octanol–water partition coefficient (Wildman–Crippen LogP) is -6.35. The zero-order valence-electron chi connectivity index (χ0n) is 9.27. The van der Waals surface area contributed by atoms with E-state index < -0.39 is 28.0 Å². The minimum Gasteiger partial charge on any atom is -0.822 e. The minimum atomic E-state index is -5.39. The van der Waals surface area contributed by atoms with Gasteiger partial charge in [0.2, 0.25) is 0 Å². The van der Waals surface area contributed by atoms with Crippen LogP contribution in [0.3, 0.4) is 0 Å². The zero-order chi connectivity index (χ0) is 16.2. The number of carboxylic acid groups (broad SMARTS) is 4. The topological polar surface area (TPSA) is 288 Å². The third kappa shape index (κ3) is 3520. The quantitative estimate of drug-likeness (QED) is 0.130. The smallest absolute Gasteiger partial charge is 0.822 e. The monoisotopic (exact) mass is 938 g/mol. The van der Waals surface area contributed by atoms with E-state index in [4.69, 9.17) is 68.5 Å². The van der Waals surface area contributed by atoms with Crippen LogP contribution in [0.25, 0.3) is 0 Å². The van der Waals surface area contributed by atoms with Gasteiger partial charge in [-0.25, -0.2) is 9.59 Å². The second-order valence-corrected chi connectivity index (χ2v) is 3.25. The standard InChI is InChI=1S/2CH2O3.2H3O4P.3Pb/c2*2-1(3)4;2*1-5(2,3)4;;;/h2*(H2,2,3,4);2*(H3,1,2,3,4);;;/q;;;;3*+2/p-6. The molecule has 0 heterocycles. The van der Waals surface area contributed by atoms with E-state index in [-0.39, 0.29) is 81.9 Å². The summed E-state index contributed by atoms with van der Waals surface area (Å²) in [6.07, 6.45) is -3.67. The Kier molecular flexibility index (Phi) is 49.0. The SMILES string of the molecule is O=C(O)O.O=C(O)O.O=P([O-])([O-])[O-].O=P([O-])([O-])[O-].[Pb+2].[Pb+2].[Pb+2]. The Labute approximate surface area is 176 Å². The number of carbonyl (C=O) groups is 2. The molecule has 0 aliphatic heterocycles. The summed E-state index contributed by atoms with van der Waals surface area (Å²) < 4.78 is 17.1. The molecule has 0 saturated carbocycles. The molecule has 0 saturated heterocycles. The van der Waals surface area contributed by atoms with Gasteiger partial charge in [0.15, 0.2) is 0 Å². The maximum absolute atomic E-state index is 8.56. The van der Waals surface area contributed by atoms with Crippen molar-refractivity contribution in [3.63, 3.8) is 0 Å². The van der Waals surface area contributed by atoms with Crippen LogP contribution in [0.1, 0.15) is 0 Å². The van der Waals surface area contributed by atoms with Gasteiger partial charge >= 0.3 is 94.2 Å². The second kappa shape index (κ2) is 23.8. The van der Waals surface area contributed by atoms with E-state index in [9.17, 15) is 0 Å². The molecule has 0 fully saturated rings. The summed E-state index contributed by atoms with van der Waals surface area (Å²) >= 11 is 0. The Morgan fingerprint density at radius 1 is 0.571 bits per heavy atom. The average Bonchev–Trinajstić information content (AvgIpc) is 1.70. The molecule has 0 aliphatic carbocycles. The second-order valence-electron chi connectivity index (χ2n) is 1.46. The van der Waals surface area contributed by atoms with Crippen molar-refractivity contribution in [3.05, 3.63) is 0 Å². The molecule has 0 aromatic rings. The van der Waals surface area contributed by atoms with Crippen LogP contribution in [0.15, 0.2) is 0 Å². The Hall–Kier alpha value is 1.53. The van der Waals surface area contributed by atoms with Gasteiger partial charge in [-0.3, -0.25) is 0 Å². The number of hydrogen-bond donors (Lipinski definition) is 4. The van der Waals surface area contributed by atoms with Crippen LogP contribution in [0.4, 0.5) is 9.59 Å². The van der Waals surface area contributed by atoms with Crippen LogP contribution in [0.2, 0.25) is 0 Å². The molecule has 0 aromatic carbocycles. The maximum Gasteiger partial charge on any atom is 2.00 e. The molecular formula is C2H4O14P2Pb3. The van der Waals surface area contributed by atoms with Crippen LogP contribution < -0.4 is 29.4 Å². The van der Waals surface area contributed by atoms with E-state index in [1.165, 1.54) is 0 Å². The summed E-state index contributed by atoms with van der Waals surface area (Å²) in [6, 6.07) is 0. The first-order valence-corrected chi connectivity index (χ1v) is 5.68. The fourth-order valence-electron chi connectivity index (χ4n) is 0. The molecule has 0 atom stereocenters. The summed E-state index contributed by atoms with van der Waals surface area (Å²) in [5, 5.41) is 27.9. The first kappa shape index (κ1) is 43.3. The van der Waals surface area contributed by atoms with E-state index in [1.54, 1.807) is 0 Å². The van der Waals surface area contributed by atoms with Crippen molar-refractivity contribution < 1.29 is 68.5 Å². The van der Waals surface area contributed by atoms with Gasteiger partial charge in [-0.1, -0.05) is 0 Å². The first-order valence-electron chi connectivity index (χ1n) is 2.76. The fraction of sp³-hybridized carbons (Fsp3) is 0. The van der Waals surface area contributed by atoms with E-state index in [0.29, 0.717) is 0 Å². The number of phosphoric acid groups is 2. The average molecular weight is 936 g/mol. The Bertz CT molecular complexity index is 262. The predicted molar refractivity (Wildman–Crippen MR) is 53.8 cm³/mol. The summed E-state index contributed by atoms with van der Waals surface area (Å²) in [6.45, 7) is 0. The van der Waals surface area contributed by atoms with Crippen LogP contribution in [-0.2, 0) is 9.13 Å². The van der Waals surface area contributed by atoms with Crippen molar-refractivity contribution in [2.45, 2.75) is 0 Å². The molecule has 0 bridgehead atoms. The van der Waals surface area contributed by atoms with Crippen molar-refractivity contribution in [1.82, 2.24) is 0 Å². The molecule has 6 radical (unpaired) electrons. The van der Waals surface area contributed by atoms with E-state index in [0.717, 1.165) is 0 Å². The largest absolute Gasteiger partial charge is 2.00 e. The van der Waals surface area contributed by atoms with Crippen molar-refractivity contribution in [2.75, 3.05) is 0 Å². The summed E-state index contributed by atoms with van der Waals surface area (Å²) in [7, 11) is -10.8. The van der Waals surface area contributed by atoms with E-state index in [2.05, 4.69) is 0 Å².